The van der Waals surface area contributed by atoms with Crippen molar-refractivity contribution in [1.82, 2.24) is 0 Å². The van der Waals surface area contributed by atoms with Crippen LogP contribution < -0.4 is 0 Å². The SMILES string of the molecule is Cc1ccc(I)c([N+](=O)[O-])c1. The van der Waals surface area contributed by atoms with E-state index in [4.69, 9.17) is 0 Å². The number of aryl methyl sites for hydroxylation is 1. The molecule has 11 heavy (non-hydrogen) atoms. The molecule has 0 radical (unpaired) electrons. The third-order valence-corrected chi connectivity index (χ3v) is 2.21. The zero-order chi connectivity index (χ0) is 8.43. The van der Waals surface area contributed by atoms with Gasteiger partial charge in [-0.15, -0.1) is 0 Å². The minimum atomic E-state index is -0.366. The number of nitro benzene ring substituents is 1. The quantitative estimate of drug-likeness (QED) is 0.444. The molecule has 0 saturated carbocycles. The van der Waals surface area contributed by atoms with Gasteiger partial charge in [-0.05, 0) is 41.1 Å². The molecule has 0 aromatic heterocycles. The van der Waals surface area contributed by atoms with Crippen molar-refractivity contribution in [3.8, 4) is 0 Å². The van der Waals surface area contributed by atoms with E-state index in [9.17, 15) is 10.1 Å². The first-order chi connectivity index (χ1) is 5.11. The summed E-state index contributed by atoms with van der Waals surface area (Å²) in [5.74, 6) is 0. The zero-order valence-electron chi connectivity index (χ0n) is 5.87. The van der Waals surface area contributed by atoms with Crippen LogP contribution in [-0.2, 0) is 0 Å². The number of halogens is 1. The highest BCUT2D eigenvalue weighted by molar-refractivity contribution is 14.1. The predicted octanol–water partition coefficient (Wildman–Crippen LogP) is 2.51. The van der Waals surface area contributed by atoms with Crippen LogP contribution in [0, 0.1) is 20.6 Å². The van der Waals surface area contributed by atoms with E-state index in [1.54, 1.807) is 12.1 Å². The lowest BCUT2D eigenvalue weighted by molar-refractivity contribution is -0.385. The van der Waals surface area contributed by atoms with E-state index in [-0.39, 0.29) is 10.6 Å². The molecule has 0 saturated heterocycles. The molecular weight excluding hydrogens is 257 g/mol. The molecule has 1 aromatic rings. The number of benzene rings is 1. The fourth-order valence-corrected chi connectivity index (χ4v) is 1.30. The summed E-state index contributed by atoms with van der Waals surface area (Å²) in [5.41, 5.74) is 1.10. The van der Waals surface area contributed by atoms with E-state index in [0.717, 1.165) is 5.56 Å². The van der Waals surface area contributed by atoms with Crippen LogP contribution in [0.3, 0.4) is 0 Å². The first-order valence-corrected chi connectivity index (χ1v) is 4.09. The van der Waals surface area contributed by atoms with Crippen LogP contribution >= 0.6 is 22.6 Å². The van der Waals surface area contributed by atoms with Crippen molar-refractivity contribution >= 4 is 28.3 Å². The van der Waals surface area contributed by atoms with Gasteiger partial charge in [0, 0.05) is 6.07 Å². The number of hydrogen-bond donors (Lipinski definition) is 0. The van der Waals surface area contributed by atoms with Crippen molar-refractivity contribution in [3.63, 3.8) is 0 Å². The van der Waals surface area contributed by atoms with Gasteiger partial charge in [0.25, 0.3) is 5.69 Å². The highest BCUT2D eigenvalue weighted by atomic mass is 127. The van der Waals surface area contributed by atoms with Gasteiger partial charge in [-0.3, -0.25) is 10.1 Å². The maximum atomic E-state index is 10.4. The largest absolute Gasteiger partial charge is 0.282 e. The van der Waals surface area contributed by atoms with Crippen LogP contribution in [0.1, 0.15) is 5.56 Å². The molecule has 1 aromatic carbocycles. The summed E-state index contributed by atoms with van der Waals surface area (Å²) in [6.45, 7) is 1.84. The van der Waals surface area contributed by atoms with Gasteiger partial charge in [-0.1, -0.05) is 6.07 Å². The maximum absolute atomic E-state index is 10.4. The maximum Gasteiger partial charge on any atom is 0.282 e. The summed E-state index contributed by atoms with van der Waals surface area (Å²) in [6.07, 6.45) is 0. The Morgan fingerprint density at radius 1 is 1.55 bits per heavy atom. The van der Waals surface area contributed by atoms with Crippen LogP contribution in [0.2, 0.25) is 0 Å². The minimum absolute atomic E-state index is 0.186. The molecule has 0 amide bonds. The molecule has 1 rings (SSSR count). The Morgan fingerprint density at radius 3 is 2.64 bits per heavy atom. The van der Waals surface area contributed by atoms with Crippen LogP contribution in [-0.4, -0.2) is 4.92 Å². The van der Waals surface area contributed by atoms with Gasteiger partial charge in [0.15, 0.2) is 0 Å². The topological polar surface area (TPSA) is 43.1 Å². The summed E-state index contributed by atoms with van der Waals surface area (Å²) in [7, 11) is 0. The molecule has 0 fully saturated rings. The van der Waals surface area contributed by atoms with Crippen LogP contribution in [0.15, 0.2) is 18.2 Å². The Bertz CT molecular complexity index is 298. The van der Waals surface area contributed by atoms with Crippen LogP contribution in [0.5, 0.6) is 0 Å². The van der Waals surface area contributed by atoms with Gasteiger partial charge >= 0.3 is 0 Å². The summed E-state index contributed by atoms with van der Waals surface area (Å²) >= 11 is 1.95. The second-order valence-corrected chi connectivity index (χ2v) is 3.37. The van der Waals surface area contributed by atoms with Gasteiger partial charge in [-0.2, -0.15) is 0 Å². The third-order valence-electron chi connectivity index (χ3n) is 1.30. The normalized spacial score (nSPS) is 9.64. The van der Waals surface area contributed by atoms with E-state index in [1.807, 2.05) is 35.6 Å². The summed E-state index contributed by atoms with van der Waals surface area (Å²) < 4.78 is 0.679. The van der Waals surface area contributed by atoms with Crippen molar-refractivity contribution in [1.29, 1.82) is 0 Å². The van der Waals surface area contributed by atoms with Gasteiger partial charge in [-0.25, -0.2) is 0 Å². The molecule has 0 aliphatic carbocycles. The lowest BCUT2D eigenvalue weighted by atomic mass is 10.2. The molecule has 0 aliphatic heterocycles. The van der Waals surface area contributed by atoms with Crippen LogP contribution in [0.4, 0.5) is 5.69 Å². The average Bonchev–Trinajstić information content (AvgIpc) is 1.94. The van der Waals surface area contributed by atoms with E-state index >= 15 is 0 Å². The van der Waals surface area contributed by atoms with Crippen molar-refractivity contribution in [2.75, 3.05) is 0 Å². The van der Waals surface area contributed by atoms with Gasteiger partial charge in [0.1, 0.15) is 0 Å². The van der Waals surface area contributed by atoms with E-state index in [0.29, 0.717) is 3.57 Å². The van der Waals surface area contributed by atoms with E-state index in [1.165, 1.54) is 0 Å². The Balaban J connectivity index is 3.23. The van der Waals surface area contributed by atoms with Crippen LogP contribution in [0.25, 0.3) is 0 Å². The lowest BCUT2D eigenvalue weighted by Crippen LogP contribution is -1.91. The molecule has 0 aliphatic rings. The van der Waals surface area contributed by atoms with Crippen molar-refractivity contribution < 1.29 is 4.92 Å². The molecule has 0 atom stereocenters. The van der Waals surface area contributed by atoms with Gasteiger partial charge in [0.05, 0.1) is 8.49 Å². The molecule has 0 unspecified atom stereocenters. The molecule has 4 heteroatoms. The standard InChI is InChI=1S/C7H6INO2/c1-5-2-3-6(8)7(4-5)9(10)11/h2-4H,1H3. The fourth-order valence-electron chi connectivity index (χ4n) is 0.763. The monoisotopic (exact) mass is 263 g/mol. The highest BCUT2D eigenvalue weighted by Crippen LogP contribution is 2.21. The average molecular weight is 263 g/mol. The number of rotatable bonds is 1. The summed E-state index contributed by atoms with van der Waals surface area (Å²) in [4.78, 5) is 10.0. The lowest BCUT2D eigenvalue weighted by Gasteiger charge is -1.95. The summed E-state index contributed by atoms with van der Waals surface area (Å²) in [5, 5.41) is 10.4. The summed E-state index contributed by atoms with van der Waals surface area (Å²) in [6, 6.07) is 5.17. The third kappa shape index (κ3) is 1.89. The molecule has 0 spiro atoms. The van der Waals surface area contributed by atoms with E-state index < -0.39 is 0 Å². The second kappa shape index (κ2) is 3.17. The Labute approximate surface area is 77.7 Å². The Hall–Kier alpha value is -0.650. The molecule has 3 nitrogen and oxygen atoms in total. The molecule has 0 N–H and O–H groups in total. The highest BCUT2D eigenvalue weighted by Gasteiger charge is 2.09. The number of nitro groups is 1. The predicted molar refractivity (Wildman–Crippen MR) is 50.6 cm³/mol. The van der Waals surface area contributed by atoms with Crippen molar-refractivity contribution in [3.05, 3.63) is 37.4 Å². The molecular formula is C7H6INO2. The van der Waals surface area contributed by atoms with Gasteiger partial charge < -0.3 is 0 Å². The first-order valence-electron chi connectivity index (χ1n) is 3.02. The minimum Gasteiger partial charge on any atom is -0.258 e. The Morgan fingerprint density at radius 2 is 2.18 bits per heavy atom. The van der Waals surface area contributed by atoms with Crippen molar-refractivity contribution in [2.24, 2.45) is 0 Å². The number of hydrogen-bond acceptors (Lipinski definition) is 2. The molecule has 58 valence electrons. The van der Waals surface area contributed by atoms with Crippen molar-refractivity contribution in [2.45, 2.75) is 6.92 Å². The second-order valence-electron chi connectivity index (χ2n) is 2.21. The fraction of sp³-hybridized carbons (Fsp3) is 0.143. The Kier molecular flexibility index (Phi) is 2.43. The number of nitrogens with zero attached hydrogens (tertiary/aromatic N) is 1. The molecule has 0 heterocycles. The zero-order valence-corrected chi connectivity index (χ0v) is 8.03. The van der Waals surface area contributed by atoms with E-state index in [2.05, 4.69) is 0 Å². The molecule has 0 bridgehead atoms. The smallest absolute Gasteiger partial charge is 0.258 e. The first kappa shape index (κ1) is 8.45. The van der Waals surface area contributed by atoms with Gasteiger partial charge in [0.2, 0.25) is 0 Å².